The van der Waals surface area contributed by atoms with Crippen molar-refractivity contribution in [3.05, 3.63) is 83.2 Å². The Bertz CT molecular complexity index is 1560. The van der Waals surface area contributed by atoms with Gasteiger partial charge in [0.15, 0.2) is 17.3 Å². The summed E-state index contributed by atoms with van der Waals surface area (Å²) < 4.78 is 26.1. The lowest BCUT2D eigenvalue weighted by Crippen LogP contribution is -2.53. The van der Waals surface area contributed by atoms with Gasteiger partial charge in [0, 0.05) is 30.9 Å². The largest absolute Gasteiger partial charge is 0.493 e. The zero-order chi connectivity index (χ0) is 27.8. The molecular weight excluding hydrogens is 509 g/mol. The predicted octanol–water partition coefficient (Wildman–Crippen LogP) is 4.56. The van der Waals surface area contributed by atoms with Crippen LogP contribution in [-0.4, -0.2) is 54.6 Å². The SMILES string of the molecule is COc1cc2c(N)nc(N3CCN(C(=O)C4CCc5ccccc5C4)CC3c3ccccc3)nc2c(F)c1OC. The number of nitrogens with two attached hydrogens (primary N) is 1. The molecule has 1 aliphatic heterocycles. The van der Waals surface area contributed by atoms with Crippen LogP contribution in [0.25, 0.3) is 10.9 Å². The van der Waals surface area contributed by atoms with E-state index in [1.807, 2.05) is 46.2 Å². The molecule has 0 radical (unpaired) electrons. The highest BCUT2D eigenvalue weighted by Gasteiger charge is 2.36. The number of benzene rings is 3. The van der Waals surface area contributed by atoms with Crippen LogP contribution in [-0.2, 0) is 17.6 Å². The monoisotopic (exact) mass is 541 g/mol. The van der Waals surface area contributed by atoms with Crippen molar-refractivity contribution in [2.75, 3.05) is 44.5 Å². The number of amides is 1. The number of piperazine rings is 1. The number of carbonyl (C=O) groups excluding carboxylic acids is 1. The predicted molar refractivity (Wildman–Crippen MR) is 152 cm³/mol. The van der Waals surface area contributed by atoms with Crippen molar-refractivity contribution in [1.82, 2.24) is 14.9 Å². The number of aryl methyl sites for hydroxylation is 1. The molecule has 1 saturated heterocycles. The molecular formula is C31H32FN5O3. The highest BCUT2D eigenvalue weighted by Crippen LogP contribution is 2.39. The third-order valence-electron chi connectivity index (χ3n) is 8.12. The van der Waals surface area contributed by atoms with Gasteiger partial charge in [-0.3, -0.25) is 4.79 Å². The fourth-order valence-electron chi connectivity index (χ4n) is 6.02. The number of methoxy groups -OCH3 is 2. The molecule has 0 spiro atoms. The van der Waals surface area contributed by atoms with Gasteiger partial charge in [0.25, 0.3) is 0 Å². The summed E-state index contributed by atoms with van der Waals surface area (Å²) in [6.07, 6.45) is 2.53. The van der Waals surface area contributed by atoms with Crippen LogP contribution in [0.15, 0.2) is 60.7 Å². The van der Waals surface area contributed by atoms with E-state index in [9.17, 15) is 4.79 Å². The number of fused-ring (bicyclic) bond motifs is 2. The maximum atomic E-state index is 15.5. The minimum Gasteiger partial charge on any atom is -0.493 e. The van der Waals surface area contributed by atoms with Crippen LogP contribution in [0.5, 0.6) is 11.5 Å². The number of hydrogen-bond acceptors (Lipinski definition) is 7. The molecule has 9 heteroatoms. The van der Waals surface area contributed by atoms with Crippen LogP contribution in [0, 0.1) is 11.7 Å². The summed E-state index contributed by atoms with van der Waals surface area (Å²) in [4.78, 5) is 27.0. The van der Waals surface area contributed by atoms with Crippen molar-refractivity contribution in [3.63, 3.8) is 0 Å². The maximum absolute atomic E-state index is 15.5. The molecule has 2 N–H and O–H groups in total. The number of rotatable bonds is 5. The van der Waals surface area contributed by atoms with Crippen LogP contribution < -0.4 is 20.1 Å². The molecule has 1 aliphatic carbocycles. The van der Waals surface area contributed by atoms with Crippen molar-refractivity contribution in [1.29, 1.82) is 0 Å². The first-order valence-electron chi connectivity index (χ1n) is 13.5. The smallest absolute Gasteiger partial charge is 0.228 e. The van der Waals surface area contributed by atoms with Gasteiger partial charge in [-0.05, 0) is 42.0 Å². The second-order valence-electron chi connectivity index (χ2n) is 10.3. The Balaban J connectivity index is 1.33. The summed E-state index contributed by atoms with van der Waals surface area (Å²) >= 11 is 0. The third kappa shape index (κ3) is 4.55. The third-order valence-corrected chi connectivity index (χ3v) is 8.12. The molecule has 0 bridgehead atoms. The van der Waals surface area contributed by atoms with Crippen molar-refractivity contribution < 1.29 is 18.7 Å². The summed E-state index contributed by atoms with van der Waals surface area (Å²) in [5, 5.41) is 0.349. The van der Waals surface area contributed by atoms with Gasteiger partial charge in [-0.1, -0.05) is 54.6 Å². The van der Waals surface area contributed by atoms with E-state index in [1.54, 1.807) is 6.07 Å². The Morgan fingerprint density at radius 3 is 2.50 bits per heavy atom. The van der Waals surface area contributed by atoms with Gasteiger partial charge in [0.1, 0.15) is 11.3 Å². The molecule has 1 aromatic heterocycles. The lowest BCUT2D eigenvalue weighted by Gasteiger charge is -2.43. The second kappa shape index (κ2) is 10.6. The summed E-state index contributed by atoms with van der Waals surface area (Å²) in [6.45, 7) is 1.46. The zero-order valence-corrected chi connectivity index (χ0v) is 22.6. The van der Waals surface area contributed by atoms with E-state index in [0.717, 1.165) is 24.8 Å². The number of anilines is 2. The normalized spacial score (nSPS) is 18.9. The molecule has 206 valence electrons. The Morgan fingerprint density at radius 2 is 1.75 bits per heavy atom. The first kappa shape index (κ1) is 25.9. The molecule has 2 unspecified atom stereocenters. The van der Waals surface area contributed by atoms with E-state index in [4.69, 9.17) is 15.2 Å². The van der Waals surface area contributed by atoms with Crippen LogP contribution in [0.4, 0.5) is 16.2 Å². The number of nitrogen functional groups attached to an aromatic ring is 1. The number of halogens is 1. The van der Waals surface area contributed by atoms with Crippen molar-refractivity contribution in [3.8, 4) is 11.5 Å². The zero-order valence-electron chi connectivity index (χ0n) is 22.6. The first-order valence-corrected chi connectivity index (χ1v) is 13.5. The van der Waals surface area contributed by atoms with Gasteiger partial charge < -0.3 is 25.0 Å². The quantitative estimate of drug-likeness (QED) is 0.396. The lowest BCUT2D eigenvalue weighted by atomic mass is 9.83. The van der Waals surface area contributed by atoms with Gasteiger partial charge in [-0.15, -0.1) is 0 Å². The summed E-state index contributed by atoms with van der Waals surface area (Å²) in [5.74, 6) is 0.113. The van der Waals surface area contributed by atoms with Crippen molar-refractivity contribution >= 4 is 28.6 Å². The molecule has 1 fully saturated rings. The Morgan fingerprint density at radius 1 is 1.00 bits per heavy atom. The number of carbonyl (C=O) groups is 1. The molecule has 0 saturated carbocycles. The number of nitrogens with zero attached hydrogens (tertiary/aromatic N) is 4. The van der Waals surface area contributed by atoms with Gasteiger partial charge in [-0.2, -0.15) is 4.98 Å². The maximum Gasteiger partial charge on any atom is 0.228 e. The lowest BCUT2D eigenvalue weighted by molar-refractivity contribution is -0.136. The van der Waals surface area contributed by atoms with Crippen LogP contribution >= 0.6 is 0 Å². The fourth-order valence-corrected chi connectivity index (χ4v) is 6.02. The molecule has 4 aromatic rings. The van der Waals surface area contributed by atoms with E-state index in [2.05, 4.69) is 28.2 Å². The van der Waals surface area contributed by atoms with Gasteiger partial charge in [0.2, 0.25) is 11.9 Å². The Kier molecular flexibility index (Phi) is 6.88. The fraction of sp³-hybridized carbons (Fsp3) is 0.323. The average molecular weight is 542 g/mol. The highest BCUT2D eigenvalue weighted by atomic mass is 19.1. The Hall–Kier alpha value is -4.40. The average Bonchev–Trinajstić information content (AvgIpc) is 3.00. The first-order chi connectivity index (χ1) is 19.5. The standard InChI is InChI=1S/C31H32FN5O3/c1-39-25-17-23-27(26(32)28(25)40-2)34-31(35-29(23)33)37-15-14-36(18-24(37)20-9-4-3-5-10-20)30(38)22-13-12-19-8-6-7-11-21(19)16-22/h3-11,17,22,24H,12-16,18H2,1-2H3,(H2,33,34,35). The Labute approximate surface area is 232 Å². The molecule has 3 aromatic carbocycles. The molecule has 6 rings (SSSR count). The van der Waals surface area contributed by atoms with E-state index in [-0.39, 0.29) is 40.7 Å². The molecule has 2 aliphatic rings. The molecule has 40 heavy (non-hydrogen) atoms. The van der Waals surface area contributed by atoms with E-state index < -0.39 is 5.82 Å². The number of ether oxygens (including phenoxy) is 2. The summed E-state index contributed by atoms with van der Waals surface area (Å²) in [5.41, 5.74) is 10.0. The van der Waals surface area contributed by atoms with Crippen LogP contribution in [0.3, 0.4) is 0 Å². The van der Waals surface area contributed by atoms with E-state index in [0.29, 0.717) is 31.0 Å². The summed E-state index contributed by atoms with van der Waals surface area (Å²) in [6, 6.07) is 19.7. The topological polar surface area (TPSA) is 93.8 Å². The number of hydrogen-bond donors (Lipinski definition) is 1. The minimum atomic E-state index is -0.658. The molecule has 2 atom stereocenters. The van der Waals surface area contributed by atoms with E-state index in [1.165, 1.54) is 25.3 Å². The second-order valence-corrected chi connectivity index (χ2v) is 10.3. The highest BCUT2D eigenvalue weighted by molar-refractivity contribution is 5.92. The van der Waals surface area contributed by atoms with Crippen molar-refractivity contribution in [2.45, 2.75) is 25.3 Å². The number of aromatic nitrogens is 2. The van der Waals surface area contributed by atoms with Gasteiger partial charge in [-0.25, -0.2) is 9.37 Å². The van der Waals surface area contributed by atoms with Crippen LogP contribution in [0.1, 0.15) is 29.2 Å². The molecule has 2 heterocycles. The van der Waals surface area contributed by atoms with Crippen LogP contribution in [0.2, 0.25) is 0 Å². The summed E-state index contributed by atoms with van der Waals surface area (Å²) in [7, 11) is 2.82. The minimum absolute atomic E-state index is 0.0388. The van der Waals surface area contributed by atoms with Crippen molar-refractivity contribution in [2.24, 2.45) is 5.92 Å². The molecule has 1 amide bonds. The van der Waals surface area contributed by atoms with Gasteiger partial charge in [0.05, 0.1) is 20.3 Å². The molecule has 8 nitrogen and oxygen atoms in total. The van der Waals surface area contributed by atoms with E-state index >= 15 is 4.39 Å². The van der Waals surface area contributed by atoms with Gasteiger partial charge >= 0.3 is 0 Å².